The van der Waals surface area contributed by atoms with Crippen LogP contribution in [0.2, 0.25) is 0 Å². The van der Waals surface area contributed by atoms with Crippen LogP contribution < -0.4 is 5.69 Å². The Bertz CT molecular complexity index is 965. The molecule has 1 saturated carbocycles. The molecule has 7 heteroatoms. The zero-order valence-electron chi connectivity index (χ0n) is 12.5. The summed E-state index contributed by atoms with van der Waals surface area (Å²) in [7, 11) is 1.70. The highest BCUT2D eigenvalue weighted by Gasteiger charge is 2.29. The van der Waals surface area contributed by atoms with Crippen molar-refractivity contribution in [3.05, 3.63) is 39.1 Å². The second-order valence-corrected chi connectivity index (χ2v) is 6.78. The van der Waals surface area contributed by atoms with Crippen molar-refractivity contribution in [2.75, 3.05) is 7.11 Å². The number of halogens is 2. The minimum atomic E-state index is -0.367. The summed E-state index contributed by atoms with van der Waals surface area (Å²) in [4.78, 5) is 19.6. The van der Waals surface area contributed by atoms with E-state index in [1.54, 1.807) is 23.9 Å². The average molecular weight is 380 g/mol. The summed E-state index contributed by atoms with van der Waals surface area (Å²) in [6, 6.07) is 3.15. The lowest BCUT2D eigenvalue weighted by Crippen LogP contribution is -2.21. The third-order valence-electron chi connectivity index (χ3n) is 4.64. The molecule has 1 aliphatic rings. The Morgan fingerprint density at radius 3 is 3.00 bits per heavy atom. The van der Waals surface area contributed by atoms with Crippen molar-refractivity contribution in [3.8, 4) is 0 Å². The molecule has 5 nitrogen and oxygen atoms in total. The molecule has 1 fully saturated rings. The highest BCUT2D eigenvalue weighted by molar-refractivity contribution is 9.10. The number of hydrogen-bond donors (Lipinski definition) is 1. The number of methoxy groups -OCH3 is 1. The first-order valence-corrected chi connectivity index (χ1v) is 8.28. The van der Waals surface area contributed by atoms with E-state index in [-0.39, 0.29) is 23.7 Å². The molecule has 23 heavy (non-hydrogen) atoms. The monoisotopic (exact) mass is 379 g/mol. The van der Waals surface area contributed by atoms with Crippen LogP contribution in [-0.4, -0.2) is 27.7 Å². The van der Waals surface area contributed by atoms with E-state index in [2.05, 4.69) is 25.9 Å². The Morgan fingerprint density at radius 2 is 2.26 bits per heavy atom. The van der Waals surface area contributed by atoms with Gasteiger partial charge in [-0.2, -0.15) is 0 Å². The molecule has 1 aliphatic carbocycles. The molecular weight excluding hydrogens is 365 g/mol. The maximum Gasteiger partial charge on any atom is 0.326 e. The van der Waals surface area contributed by atoms with Crippen LogP contribution in [0.15, 0.2) is 27.6 Å². The number of nitrogens with one attached hydrogen (secondary N) is 1. The van der Waals surface area contributed by atoms with Crippen LogP contribution in [0.1, 0.15) is 25.3 Å². The normalized spacial score (nSPS) is 21.5. The van der Waals surface area contributed by atoms with Gasteiger partial charge in [0.2, 0.25) is 0 Å². The molecule has 0 radical (unpaired) electrons. The number of fused-ring (bicyclic) bond motifs is 3. The molecule has 1 N–H and O–H groups in total. The fraction of sp³-hybridized carbons (Fsp3) is 0.375. The number of pyridine rings is 1. The summed E-state index contributed by atoms with van der Waals surface area (Å²) in [5.41, 5.74) is 1.83. The maximum atomic E-state index is 13.8. The van der Waals surface area contributed by atoms with Gasteiger partial charge in [0.1, 0.15) is 5.82 Å². The van der Waals surface area contributed by atoms with Crippen molar-refractivity contribution < 1.29 is 9.13 Å². The van der Waals surface area contributed by atoms with Gasteiger partial charge in [0.05, 0.1) is 33.3 Å². The van der Waals surface area contributed by atoms with E-state index in [1.807, 2.05) is 0 Å². The molecule has 2 heterocycles. The van der Waals surface area contributed by atoms with E-state index in [0.717, 1.165) is 30.2 Å². The molecule has 0 unspecified atom stereocenters. The molecule has 0 bridgehead atoms. The number of hydrogen-bond acceptors (Lipinski definition) is 3. The Hall–Kier alpha value is -1.73. The Morgan fingerprint density at radius 1 is 1.43 bits per heavy atom. The van der Waals surface area contributed by atoms with Crippen molar-refractivity contribution in [3.63, 3.8) is 0 Å². The molecular formula is C16H15BrFN3O2. The van der Waals surface area contributed by atoms with Gasteiger partial charge in [-0.3, -0.25) is 9.55 Å². The van der Waals surface area contributed by atoms with Gasteiger partial charge in [-0.1, -0.05) is 0 Å². The third kappa shape index (κ3) is 2.30. The number of imidazole rings is 1. The molecule has 1 aromatic carbocycles. The first-order valence-electron chi connectivity index (χ1n) is 7.49. The maximum absolute atomic E-state index is 13.8. The molecule has 3 aromatic rings. The number of benzene rings is 1. The lowest BCUT2D eigenvalue weighted by Gasteiger charge is -2.13. The van der Waals surface area contributed by atoms with Gasteiger partial charge < -0.3 is 9.72 Å². The van der Waals surface area contributed by atoms with Gasteiger partial charge in [0, 0.05) is 24.6 Å². The Labute approximate surface area is 139 Å². The van der Waals surface area contributed by atoms with Gasteiger partial charge in [0.25, 0.3) is 0 Å². The zero-order valence-corrected chi connectivity index (χ0v) is 14.1. The summed E-state index contributed by atoms with van der Waals surface area (Å²) in [5, 5.41) is 0.759. The Balaban J connectivity index is 2.00. The van der Waals surface area contributed by atoms with Crippen LogP contribution in [0, 0.1) is 5.82 Å². The highest BCUT2D eigenvalue weighted by atomic mass is 79.9. The molecule has 2 aromatic heterocycles. The largest absolute Gasteiger partial charge is 0.381 e. The van der Waals surface area contributed by atoms with Crippen LogP contribution in [0.4, 0.5) is 4.39 Å². The van der Waals surface area contributed by atoms with Crippen LogP contribution >= 0.6 is 15.9 Å². The topological polar surface area (TPSA) is 59.9 Å². The number of aromatic nitrogens is 3. The predicted octanol–water partition coefficient (Wildman–Crippen LogP) is 3.52. The third-order valence-corrected chi connectivity index (χ3v) is 5.25. The fourth-order valence-corrected chi connectivity index (χ4v) is 3.86. The van der Waals surface area contributed by atoms with Crippen LogP contribution in [0.25, 0.3) is 21.9 Å². The van der Waals surface area contributed by atoms with Gasteiger partial charge in [0.15, 0.2) is 0 Å². The number of H-pyrrole nitrogens is 1. The van der Waals surface area contributed by atoms with Crippen LogP contribution in [-0.2, 0) is 4.74 Å². The lowest BCUT2D eigenvalue weighted by molar-refractivity contribution is 0.106. The minimum Gasteiger partial charge on any atom is -0.381 e. The second kappa shape index (κ2) is 5.42. The summed E-state index contributed by atoms with van der Waals surface area (Å²) in [6.45, 7) is 0. The van der Waals surface area contributed by atoms with Gasteiger partial charge >= 0.3 is 5.69 Å². The van der Waals surface area contributed by atoms with Gasteiger partial charge in [-0.15, -0.1) is 0 Å². The molecule has 120 valence electrons. The van der Waals surface area contributed by atoms with Crippen molar-refractivity contribution in [2.45, 2.75) is 31.4 Å². The summed E-state index contributed by atoms with van der Waals surface area (Å²) < 4.78 is 21.3. The van der Waals surface area contributed by atoms with Crippen molar-refractivity contribution in [1.29, 1.82) is 0 Å². The standard InChI is InChI=1S/C16H15BrFN3O2/c1-23-9-3-2-8(4-9)21-15-10-5-11(17)12(18)6-13(10)19-7-14(15)20-16(21)22/h5-9H,2-4H2,1H3,(H,20,22)/t8-,9-/m1/s1. The smallest absolute Gasteiger partial charge is 0.326 e. The summed E-state index contributed by atoms with van der Waals surface area (Å²) >= 11 is 3.22. The van der Waals surface area contributed by atoms with E-state index in [4.69, 9.17) is 4.74 Å². The van der Waals surface area contributed by atoms with Crippen LogP contribution in [0.3, 0.4) is 0 Å². The lowest BCUT2D eigenvalue weighted by atomic mass is 10.1. The zero-order chi connectivity index (χ0) is 16.1. The fourth-order valence-electron chi connectivity index (χ4n) is 3.52. The van der Waals surface area contributed by atoms with E-state index in [0.29, 0.717) is 15.5 Å². The van der Waals surface area contributed by atoms with Crippen molar-refractivity contribution in [2.24, 2.45) is 0 Å². The SMILES string of the molecule is CO[C@@H]1CC[C@@H](n2c(=O)[nH]c3cnc4cc(F)c(Br)cc4c32)C1. The van der Waals surface area contributed by atoms with E-state index in [9.17, 15) is 9.18 Å². The van der Waals surface area contributed by atoms with Crippen LogP contribution in [0.5, 0.6) is 0 Å². The van der Waals surface area contributed by atoms with Gasteiger partial charge in [-0.05, 0) is 41.3 Å². The summed E-state index contributed by atoms with van der Waals surface area (Å²) in [5.74, 6) is -0.367. The van der Waals surface area contributed by atoms with E-state index >= 15 is 0 Å². The number of nitrogens with zero attached hydrogens (tertiary/aromatic N) is 2. The molecule has 0 aliphatic heterocycles. The molecule has 0 amide bonds. The minimum absolute atomic E-state index is 0.0793. The molecule has 4 rings (SSSR count). The van der Waals surface area contributed by atoms with Crippen molar-refractivity contribution in [1.82, 2.24) is 14.5 Å². The molecule has 2 atom stereocenters. The highest BCUT2D eigenvalue weighted by Crippen LogP contribution is 2.35. The summed E-state index contributed by atoms with van der Waals surface area (Å²) in [6.07, 6.45) is 4.38. The first kappa shape index (κ1) is 14.8. The van der Waals surface area contributed by atoms with E-state index in [1.165, 1.54) is 6.07 Å². The Kier molecular flexibility index (Phi) is 3.50. The number of ether oxygens (including phenoxy) is 1. The predicted molar refractivity (Wildman–Crippen MR) is 89.2 cm³/mol. The van der Waals surface area contributed by atoms with Gasteiger partial charge in [-0.25, -0.2) is 9.18 Å². The second-order valence-electron chi connectivity index (χ2n) is 5.93. The van der Waals surface area contributed by atoms with Crippen molar-refractivity contribution >= 4 is 37.9 Å². The number of rotatable bonds is 2. The molecule has 0 saturated heterocycles. The molecule has 0 spiro atoms. The number of aromatic amines is 1. The quantitative estimate of drug-likeness (QED) is 0.740. The average Bonchev–Trinajstić information content (AvgIpc) is 3.11. The first-order chi connectivity index (χ1) is 11.1. The van der Waals surface area contributed by atoms with E-state index < -0.39 is 0 Å².